The minimum Gasteiger partial charge on any atom is -0.496 e. The maximum absolute atomic E-state index is 5.91. The number of rotatable bonds is 6. The fourth-order valence-electron chi connectivity index (χ4n) is 3.20. The summed E-state index contributed by atoms with van der Waals surface area (Å²) in [6.07, 6.45) is 2.64. The zero-order valence-electron chi connectivity index (χ0n) is 14.8. The second-order valence-corrected chi connectivity index (χ2v) is 6.91. The molecule has 0 bridgehead atoms. The number of hydrogen-bond donors (Lipinski definition) is 2. The highest BCUT2D eigenvalue weighted by atomic mass is 35.5. The SMILES string of the molecule is COc1ccc(/C(C)=N\Nc2ccc(Cl)cc2)cc1C[NH+]1CCCC1. The second kappa shape index (κ2) is 8.37. The summed E-state index contributed by atoms with van der Waals surface area (Å²) in [6.45, 7) is 5.52. The predicted octanol–water partition coefficient (Wildman–Crippen LogP) is 3.36. The highest BCUT2D eigenvalue weighted by Crippen LogP contribution is 2.20. The summed E-state index contributed by atoms with van der Waals surface area (Å²) in [6, 6.07) is 13.8. The number of ether oxygens (including phenoxy) is 1. The van der Waals surface area contributed by atoms with Gasteiger partial charge >= 0.3 is 0 Å². The first-order valence-electron chi connectivity index (χ1n) is 8.72. The Hall–Kier alpha value is -2.04. The Morgan fingerprint density at radius 3 is 2.56 bits per heavy atom. The summed E-state index contributed by atoms with van der Waals surface area (Å²) in [7, 11) is 1.74. The average Bonchev–Trinajstić information content (AvgIpc) is 3.14. The van der Waals surface area contributed by atoms with Gasteiger partial charge in [-0.3, -0.25) is 5.43 Å². The van der Waals surface area contributed by atoms with Crippen LogP contribution in [0.5, 0.6) is 5.75 Å². The predicted molar refractivity (Wildman–Crippen MR) is 104 cm³/mol. The van der Waals surface area contributed by atoms with E-state index in [1.54, 1.807) is 12.0 Å². The lowest BCUT2D eigenvalue weighted by atomic mass is 10.1. The first-order chi connectivity index (χ1) is 12.2. The molecule has 2 aromatic rings. The molecule has 1 saturated heterocycles. The lowest BCUT2D eigenvalue weighted by Gasteiger charge is -2.15. The van der Waals surface area contributed by atoms with E-state index in [2.05, 4.69) is 22.7 Å². The number of nitrogens with one attached hydrogen (secondary N) is 2. The molecule has 1 fully saturated rings. The van der Waals surface area contributed by atoms with Gasteiger partial charge in [0, 0.05) is 23.4 Å². The van der Waals surface area contributed by atoms with E-state index in [1.807, 2.05) is 37.3 Å². The van der Waals surface area contributed by atoms with Gasteiger partial charge in [-0.2, -0.15) is 5.10 Å². The third-order valence-electron chi connectivity index (χ3n) is 4.65. The fraction of sp³-hybridized carbons (Fsp3) is 0.350. The van der Waals surface area contributed by atoms with Crippen molar-refractivity contribution >= 4 is 23.0 Å². The molecule has 0 unspecified atom stereocenters. The van der Waals surface area contributed by atoms with Gasteiger partial charge in [-0.1, -0.05) is 11.6 Å². The summed E-state index contributed by atoms with van der Waals surface area (Å²) >= 11 is 5.91. The lowest BCUT2D eigenvalue weighted by Crippen LogP contribution is -3.08. The number of hydrazone groups is 1. The van der Waals surface area contributed by atoms with Crippen molar-refractivity contribution in [1.29, 1.82) is 0 Å². The van der Waals surface area contributed by atoms with E-state index in [0.29, 0.717) is 0 Å². The molecule has 1 heterocycles. The van der Waals surface area contributed by atoms with Gasteiger partial charge in [0.2, 0.25) is 0 Å². The number of hydrogen-bond acceptors (Lipinski definition) is 3. The van der Waals surface area contributed by atoms with Crippen LogP contribution in [0, 0.1) is 0 Å². The topological polar surface area (TPSA) is 38.1 Å². The summed E-state index contributed by atoms with van der Waals surface area (Å²) in [5.41, 5.74) is 7.30. The number of halogens is 1. The van der Waals surface area contributed by atoms with Crippen molar-refractivity contribution in [3.8, 4) is 5.75 Å². The van der Waals surface area contributed by atoms with E-state index in [0.717, 1.165) is 34.3 Å². The van der Waals surface area contributed by atoms with Gasteiger partial charge in [0.15, 0.2) is 0 Å². The maximum Gasteiger partial charge on any atom is 0.127 e. The minimum absolute atomic E-state index is 0.718. The second-order valence-electron chi connectivity index (χ2n) is 6.48. The minimum atomic E-state index is 0.718. The van der Waals surface area contributed by atoms with Crippen molar-refractivity contribution in [1.82, 2.24) is 0 Å². The fourth-order valence-corrected chi connectivity index (χ4v) is 3.33. The van der Waals surface area contributed by atoms with Crippen LogP contribution < -0.4 is 15.1 Å². The number of methoxy groups -OCH3 is 1. The first kappa shape index (κ1) is 17.8. The molecule has 2 aromatic carbocycles. The number of anilines is 1. The van der Waals surface area contributed by atoms with Crippen molar-refractivity contribution in [3.63, 3.8) is 0 Å². The van der Waals surface area contributed by atoms with E-state index < -0.39 is 0 Å². The van der Waals surface area contributed by atoms with Gasteiger partial charge < -0.3 is 9.64 Å². The van der Waals surface area contributed by atoms with E-state index in [-0.39, 0.29) is 0 Å². The number of nitrogens with zero attached hydrogens (tertiary/aromatic N) is 1. The molecule has 25 heavy (non-hydrogen) atoms. The van der Waals surface area contributed by atoms with Gasteiger partial charge in [0.1, 0.15) is 12.3 Å². The third-order valence-corrected chi connectivity index (χ3v) is 4.90. The molecule has 1 aliphatic rings. The molecule has 0 aromatic heterocycles. The summed E-state index contributed by atoms with van der Waals surface area (Å²) in [5.74, 6) is 0.960. The zero-order chi connectivity index (χ0) is 17.6. The standard InChI is InChI=1S/C20H24ClN3O/c1-15(22-23-19-8-6-18(21)7-9-19)16-5-10-20(25-2)17(13-16)14-24-11-3-4-12-24/h5-10,13,23H,3-4,11-12,14H2,1-2H3/p+1/b22-15-. The molecular formula is C20H25ClN3O+. The van der Waals surface area contributed by atoms with Crippen LogP contribution in [-0.2, 0) is 6.54 Å². The van der Waals surface area contributed by atoms with Crippen LogP contribution in [0.25, 0.3) is 0 Å². The summed E-state index contributed by atoms with van der Waals surface area (Å²) in [4.78, 5) is 1.63. The molecule has 0 radical (unpaired) electrons. The Bertz CT molecular complexity index is 737. The van der Waals surface area contributed by atoms with Crippen LogP contribution in [0.4, 0.5) is 5.69 Å². The molecule has 5 heteroatoms. The van der Waals surface area contributed by atoms with E-state index in [1.165, 1.54) is 31.5 Å². The van der Waals surface area contributed by atoms with Gasteiger partial charge in [0.25, 0.3) is 0 Å². The Labute approximate surface area is 154 Å². The van der Waals surface area contributed by atoms with Gasteiger partial charge in [-0.25, -0.2) is 0 Å². The lowest BCUT2D eigenvalue weighted by molar-refractivity contribution is -0.901. The molecule has 0 aliphatic carbocycles. The molecule has 2 N–H and O–H groups in total. The molecule has 132 valence electrons. The highest BCUT2D eigenvalue weighted by Gasteiger charge is 2.18. The summed E-state index contributed by atoms with van der Waals surface area (Å²) < 4.78 is 5.55. The van der Waals surface area contributed by atoms with Crippen LogP contribution in [0.3, 0.4) is 0 Å². The van der Waals surface area contributed by atoms with Gasteiger partial charge in [0.05, 0.1) is 31.6 Å². The largest absolute Gasteiger partial charge is 0.496 e. The van der Waals surface area contributed by atoms with Crippen LogP contribution in [0.15, 0.2) is 47.6 Å². The summed E-state index contributed by atoms with van der Waals surface area (Å²) in [5, 5.41) is 5.22. The Kier molecular flexibility index (Phi) is 5.95. The Morgan fingerprint density at radius 1 is 1.16 bits per heavy atom. The zero-order valence-corrected chi connectivity index (χ0v) is 15.6. The average molecular weight is 359 g/mol. The van der Waals surface area contributed by atoms with Crippen LogP contribution in [0.2, 0.25) is 5.02 Å². The molecule has 0 atom stereocenters. The molecule has 4 nitrogen and oxygen atoms in total. The van der Waals surface area contributed by atoms with E-state index >= 15 is 0 Å². The van der Waals surface area contributed by atoms with Crippen molar-refractivity contribution in [2.24, 2.45) is 5.10 Å². The first-order valence-corrected chi connectivity index (χ1v) is 9.10. The molecule has 1 aliphatic heterocycles. The molecule has 0 saturated carbocycles. The van der Waals surface area contributed by atoms with Crippen LogP contribution in [0.1, 0.15) is 30.9 Å². The highest BCUT2D eigenvalue weighted by molar-refractivity contribution is 6.30. The van der Waals surface area contributed by atoms with Gasteiger partial charge in [-0.05, 0) is 55.0 Å². The monoisotopic (exact) mass is 358 g/mol. The molecule has 3 rings (SSSR count). The normalized spacial score (nSPS) is 15.4. The molecular weight excluding hydrogens is 334 g/mol. The van der Waals surface area contributed by atoms with Crippen molar-refractivity contribution in [2.75, 3.05) is 25.6 Å². The Morgan fingerprint density at radius 2 is 1.88 bits per heavy atom. The number of quaternary nitrogens is 1. The van der Waals surface area contributed by atoms with Gasteiger partial charge in [-0.15, -0.1) is 0 Å². The molecule has 0 amide bonds. The third kappa shape index (κ3) is 4.74. The van der Waals surface area contributed by atoms with E-state index in [9.17, 15) is 0 Å². The smallest absolute Gasteiger partial charge is 0.127 e. The quantitative estimate of drug-likeness (QED) is 0.613. The maximum atomic E-state index is 5.91. The number of benzene rings is 2. The van der Waals surface area contributed by atoms with Crippen molar-refractivity contribution < 1.29 is 9.64 Å². The van der Waals surface area contributed by atoms with Crippen LogP contribution in [-0.4, -0.2) is 25.9 Å². The number of likely N-dealkylation sites (tertiary alicyclic amines) is 1. The van der Waals surface area contributed by atoms with Crippen molar-refractivity contribution in [2.45, 2.75) is 26.3 Å². The Balaban J connectivity index is 1.75. The van der Waals surface area contributed by atoms with E-state index in [4.69, 9.17) is 16.3 Å². The van der Waals surface area contributed by atoms with Crippen LogP contribution >= 0.6 is 11.6 Å². The molecule has 0 spiro atoms. The van der Waals surface area contributed by atoms with Crippen molar-refractivity contribution in [3.05, 3.63) is 58.6 Å².